The van der Waals surface area contributed by atoms with Crippen molar-refractivity contribution in [2.45, 2.75) is 18.7 Å². The van der Waals surface area contributed by atoms with Gasteiger partial charge in [-0.2, -0.15) is 4.31 Å². The van der Waals surface area contributed by atoms with Crippen molar-refractivity contribution < 1.29 is 12.8 Å². The molecular weight excluding hydrogens is 289 g/mol. The van der Waals surface area contributed by atoms with Gasteiger partial charge in [0.25, 0.3) is 0 Å². The maximum atomic E-state index is 12.9. The third-order valence-corrected chi connectivity index (χ3v) is 5.55. The Bertz CT molecular complexity index is 741. The average Bonchev–Trinajstić information content (AvgIpc) is 2.49. The summed E-state index contributed by atoms with van der Waals surface area (Å²) < 4.78 is 39.4. The van der Waals surface area contributed by atoms with Gasteiger partial charge in [0.15, 0.2) is 0 Å². The highest BCUT2D eigenvalue weighted by Gasteiger charge is 2.26. The van der Waals surface area contributed by atoms with Gasteiger partial charge in [-0.05, 0) is 35.2 Å². The van der Waals surface area contributed by atoms with Crippen LogP contribution in [0.1, 0.15) is 16.7 Å². The molecule has 0 saturated carbocycles. The molecule has 0 unspecified atom stereocenters. The van der Waals surface area contributed by atoms with Crippen LogP contribution in [0, 0.1) is 5.82 Å². The van der Waals surface area contributed by atoms with Crippen LogP contribution in [-0.4, -0.2) is 19.3 Å². The van der Waals surface area contributed by atoms with Gasteiger partial charge < -0.3 is 0 Å². The Morgan fingerprint density at radius 3 is 2.38 bits per heavy atom. The lowest BCUT2D eigenvalue weighted by molar-refractivity contribution is 0.391. The molecule has 21 heavy (non-hydrogen) atoms. The average molecular weight is 305 g/mol. The summed E-state index contributed by atoms with van der Waals surface area (Å²) in [6, 6.07) is 13.5. The number of benzene rings is 2. The summed E-state index contributed by atoms with van der Waals surface area (Å²) >= 11 is 0. The van der Waals surface area contributed by atoms with Crippen LogP contribution in [0.5, 0.6) is 0 Å². The van der Waals surface area contributed by atoms with E-state index in [1.807, 2.05) is 24.3 Å². The summed E-state index contributed by atoms with van der Waals surface area (Å²) in [6.07, 6.45) is 0.735. The molecule has 0 atom stereocenters. The van der Waals surface area contributed by atoms with Gasteiger partial charge in [-0.3, -0.25) is 0 Å². The molecule has 1 heterocycles. The van der Waals surface area contributed by atoms with Gasteiger partial charge in [-0.25, -0.2) is 12.8 Å². The van der Waals surface area contributed by atoms with E-state index in [-0.39, 0.29) is 11.6 Å². The molecule has 0 aliphatic carbocycles. The fourth-order valence-corrected chi connectivity index (χ4v) is 4.09. The van der Waals surface area contributed by atoms with Crippen LogP contribution in [0.25, 0.3) is 0 Å². The summed E-state index contributed by atoms with van der Waals surface area (Å²) in [6.45, 7) is 0.917. The Kier molecular flexibility index (Phi) is 3.78. The minimum Gasteiger partial charge on any atom is -0.212 e. The fourth-order valence-electron chi connectivity index (χ4n) is 2.59. The normalized spacial score (nSPS) is 15.7. The minimum absolute atomic E-state index is 0.0879. The first kappa shape index (κ1) is 14.2. The topological polar surface area (TPSA) is 37.4 Å². The molecule has 2 aromatic rings. The summed E-state index contributed by atoms with van der Waals surface area (Å²) in [5.41, 5.74) is 2.88. The molecule has 0 N–H and O–H groups in total. The van der Waals surface area contributed by atoms with Crippen LogP contribution in [-0.2, 0) is 28.7 Å². The van der Waals surface area contributed by atoms with Crippen molar-refractivity contribution in [3.8, 4) is 0 Å². The van der Waals surface area contributed by atoms with Crippen LogP contribution in [0.2, 0.25) is 0 Å². The predicted octanol–water partition coefficient (Wildman–Crippen LogP) is 2.71. The van der Waals surface area contributed by atoms with Crippen molar-refractivity contribution in [1.82, 2.24) is 4.31 Å². The zero-order valence-electron chi connectivity index (χ0n) is 11.5. The van der Waals surface area contributed by atoms with Gasteiger partial charge in [-0.15, -0.1) is 0 Å². The predicted molar refractivity (Wildman–Crippen MR) is 79.6 cm³/mol. The quantitative estimate of drug-likeness (QED) is 0.874. The minimum atomic E-state index is -3.38. The smallest absolute Gasteiger partial charge is 0.212 e. The standard InChI is InChI=1S/C16H16FNO2S/c17-16-7-5-13(6-8-16)12-21(19,20)18-10-9-14-3-1-2-4-15(14)11-18/h1-8H,9-12H2. The van der Waals surface area contributed by atoms with Crippen molar-refractivity contribution >= 4 is 10.0 Å². The van der Waals surface area contributed by atoms with Gasteiger partial charge in [0.05, 0.1) is 5.75 Å². The zero-order valence-corrected chi connectivity index (χ0v) is 12.3. The first-order valence-electron chi connectivity index (χ1n) is 6.84. The Balaban J connectivity index is 1.78. The van der Waals surface area contributed by atoms with Crippen LogP contribution in [0.3, 0.4) is 0 Å². The second kappa shape index (κ2) is 5.58. The highest BCUT2D eigenvalue weighted by atomic mass is 32.2. The third-order valence-electron chi connectivity index (χ3n) is 3.75. The molecule has 2 aromatic carbocycles. The second-order valence-corrected chi connectivity index (χ2v) is 7.20. The Labute approximate surface area is 124 Å². The molecule has 0 saturated heterocycles. The lowest BCUT2D eigenvalue weighted by Crippen LogP contribution is -2.36. The van der Waals surface area contributed by atoms with Gasteiger partial charge in [0, 0.05) is 13.1 Å². The highest BCUT2D eigenvalue weighted by Crippen LogP contribution is 2.22. The third kappa shape index (κ3) is 3.14. The molecular formula is C16H16FNO2S. The monoisotopic (exact) mass is 305 g/mol. The van der Waals surface area contributed by atoms with E-state index in [0.29, 0.717) is 18.7 Å². The zero-order chi connectivity index (χ0) is 14.9. The Morgan fingerprint density at radius 2 is 1.67 bits per heavy atom. The molecule has 0 spiro atoms. The van der Waals surface area contributed by atoms with E-state index in [0.717, 1.165) is 12.0 Å². The highest BCUT2D eigenvalue weighted by molar-refractivity contribution is 7.88. The lowest BCUT2D eigenvalue weighted by atomic mass is 10.0. The second-order valence-electron chi connectivity index (χ2n) is 5.23. The largest absolute Gasteiger partial charge is 0.218 e. The van der Waals surface area contributed by atoms with E-state index in [2.05, 4.69) is 0 Å². The summed E-state index contributed by atoms with van der Waals surface area (Å²) in [5.74, 6) is -0.446. The molecule has 0 bridgehead atoms. The first-order valence-corrected chi connectivity index (χ1v) is 8.44. The van der Waals surface area contributed by atoms with E-state index in [4.69, 9.17) is 0 Å². The Hall–Kier alpha value is -1.72. The first-order chi connectivity index (χ1) is 10.0. The van der Waals surface area contributed by atoms with Gasteiger partial charge in [-0.1, -0.05) is 36.4 Å². The number of rotatable bonds is 3. The van der Waals surface area contributed by atoms with Crippen molar-refractivity contribution in [3.63, 3.8) is 0 Å². The van der Waals surface area contributed by atoms with Crippen LogP contribution in [0.15, 0.2) is 48.5 Å². The molecule has 5 heteroatoms. The van der Waals surface area contributed by atoms with Crippen molar-refractivity contribution in [3.05, 3.63) is 71.0 Å². The van der Waals surface area contributed by atoms with E-state index >= 15 is 0 Å². The van der Waals surface area contributed by atoms with Crippen molar-refractivity contribution in [2.75, 3.05) is 6.54 Å². The maximum absolute atomic E-state index is 12.9. The maximum Gasteiger partial charge on any atom is 0.218 e. The fraction of sp³-hybridized carbons (Fsp3) is 0.250. The van der Waals surface area contributed by atoms with E-state index in [1.54, 1.807) is 0 Å². The number of sulfonamides is 1. The SMILES string of the molecule is O=S(=O)(Cc1ccc(F)cc1)N1CCc2ccccc2C1. The summed E-state index contributed by atoms with van der Waals surface area (Å²) in [4.78, 5) is 0. The molecule has 3 nitrogen and oxygen atoms in total. The summed E-state index contributed by atoms with van der Waals surface area (Å²) in [5, 5.41) is 0. The number of hydrogen-bond donors (Lipinski definition) is 0. The van der Waals surface area contributed by atoms with Gasteiger partial charge in [0.2, 0.25) is 10.0 Å². The number of hydrogen-bond acceptors (Lipinski definition) is 2. The Morgan fingerprint density at radius 1 is 1.00 bits per heavy atom. The number of nitrogens with zero attached hydrogens (tertiary/aromatic N) is 1. The van der Waals surface area contributed by atoms with Crippen LogP contribution >= 0.6 is 0 Å². The number of fused-ring (bicyclic) bond motifs is 1. The van der Waals surface area contributed by atoms with E-state index < -0.39 is 10.0 Å². The van der Waals surface area contributed by atoms with Gasteiger partial charge >= 0.3 is 0 Å². The lowest BCUT2D eigenvalue weighted by Gasteiger charge is -2.28. The molecule has 1 aliphatic rings. The molecule has 0 aromatic heterocycles. The van der Waals surface area contributed by atoms with Gasteiger partial charge in [0.1, 0.15) is 5.82 Å². The molecule has 110 valence electrons. The molecule has 3 rings (SSSR count). The molecule has 1 aliphatic heterocycles. The van der Waals surface area contributed by atoms with Crippen LogP contribution in [0.4, 0.5) is 4.39 Å². The van der Waals surface area contributed by atoms with E-state index in [9.17, 15) is 12.8 Å². The van der Waals surface area contributed by atoms with Crippen molar-refractivity contribution in [2.24, 2.45) is 0 Å². The number of halogens is 1. The van der Waals surface area contributed by atoms with Crippen molar-refractivity contribution in [1.29, 1.82) is 0 Å². The van der Waals surface area contributed by atoms with Crippen LogP contribution < -0.4 is 0 Å². The van der Waals surface area contributed by atoms with E-state index in [1.165, 1.54) is 34.1 Å². The summed E-state index contributed by atoms with van der Waals surface area (Å²) in [7, 11) is -3.38. The molecule has 0 radical (unpaired) electrons. The molecule has 0 fully saturated rings. The molecule has 0 amide bonds.